The number of benzene rings is 2. The predicted molar refractivity (Wildman–Crippen MR) is 101 cm³/mol. The molecule has 0 saturated carbocycles. The molecule has 2 aromatic rings. The van der Waals surface area contributed by atoms with Crippen molar-refractivity contribution in [1.29, 1.82) is 0 Å². The van der Waals surface area contributed by atoms with Crippen LogP contribution < -0.4 is 14.8 Å². The average molecular weight is 356 g/mol. The number of rotatable bonds is 8. The third-order valence-corrected chi connectivity index (χ3v) is 3.91. The van der Waals surface area contributed by atoms with Crippen molar-refractivity contribution in [2.24, 2.45) is 0 Å². The van der Waals surface area contributed by atoms with Crippen LogP contribution in [0.5, 0.6) is 11.5 Å². The minimum Gasteiger partial charge on any atom is -0.493 e. The lowest BCUT2D eigenvalue weighted by Gasteiger charge is -2.20. The maximum absolute atomic E-state index is 12.6. The molecule has 0 spiro atoms. The third kappa shape index (κ3) is 4.75. The fraction of sp³-hybridized carbons (Fsp3) is 0.300. The molecule has 6 nitrogen and oxygen atoms in total. The molecule has 0 aliphatic carbocycles. The Kier molecular flexibility index (Phi) is 7.02. The summed E-state index contributed by atoms with van der Waals surface area (Å²) in [5.74, 6) is 0.572. The Hall–Kier alpha value is -3.02. The molecule has 6 heteroatoms. The van der Waals surface area contributed by atoms with Gasteiger partial charge in [0.15, 0.2) is 18.1 Å². The molecule has 2 amide bonds. The topological polar surface area (TPSA) is 67.9 Å². The summed E-state index contributed by atoms with van der Waals surface area (Å²) in [6.45, 7) is 4.87. The molecule has 0 heterocycles. The summed E-state index contributed by atoms with van der Waals surface area (Å²) in [5, 5.41) is 2.75. The molecule has 0 aromatic heterocycles. The Bertz CT molecular complexity index is 757. The fourth-order valence-electron chi connectivity index (χ4n) is 2.53. The van der Waals surface area contributed by atoms with Crippen molar-refractivity contribution in [3.8, 4) is 11.5 Å². The molecular formula is C20H24N2O4. The molecule has 138 valence electrons. The van der Waals surface area contributed by atoms with Crippen LogP contribution in [0.1, 0.15) is 24.2 Å². The Morgan fingerprint density at radius 1 is 0.962 bits per heavy atom. The maximum atomic E-state index is 12.6. The molecule has 0 atom stereocenters. The van der Waals surface area contributed by atoms with E-state index in [1.165, 1.54) is 7.11 Å². The number of anilines is 1. The van der Waals surface area contributed by atoms with Gasteiger partial charge in [0.1, 0.15) is 0 Å². The van der Waals surface area contributed by atoms with Gasteiger partial charge in [0.2, 0.25) is 0 Å². The molecular weight excluding hydrogens is 332 g/mol. The minimum absolute atomic E-state index is 0.114. The second-order valence-corrected chi connectivity index (χ2v) is 5.51. The molecule has 0 fully saturated rings. The van der Waals surface area contributed by atoms with Crippen LogP contribution in [0.2, 0.25) is 0 Å². The summed E-state index contributed by atoms with van der Waals surface area (Å²) < 4.78 is 10.7. The summed E-state index contributed by atoms with van der Waals surface area (Å²) in [6.07, 6.45) is 0. The van der Waals surface area contributed by atoms with E-state index in [0.29, 0.717) is 35.8 Å². The van der Waals surface area contributed by atoms with Crippen molar-refractivity contribution in [3.05, 3.63) is 54.1 Å². The Morgan fingerprint density at radius 2 is 1.58 bits per heavy atom. The third-order valence-electron chi connectivity index (χ3n) is 3.91. The largest absolute Gasteiger partial charge is 0.493 e. The van der Waals surface area contributed by atoms with E-state index in [-0.39, 0.29) is 18.4 Å². The van der Waals surface area contributed by atoms with Crippen LogP contribution in [-0.2, 0) is 4.79 Å². The molecule has 0 aliphatic heterocycles. The number of carbonyl (C=O) groups excluding carboxylic acids is 2. The highest BCUT2D eigenvalue weighted by Gasteiger charge is 2.17. The van der Waals surface area contributed by atoms with Gasteiger partial charge in [-0.15, -0.1) is 0 Å². The van der Waals surface area contributed by atoms with Gasteiger partial charge in [-0.2, -0.15) is 0 Å². The molecule has 0 unspecified atom stereocenters. The van der Waals surface area contributed by atoms with Crippen LogP contribution in [-0.4, -0.2) is 43.5 Å². The smallest absolute Gasteiger partial charge is 0.262 e. The van der Waals surface area contributed by atoms with E-state index in [0.717, 1.165) is 0 Å². The minimum atomic E-state index is -0.351. The molecule has 0 bridgehead atoms. The van der Waals surface area contributed by atoms with Gasteiger partial charge in [-0.25, -0.2) is 0 Å². The quantitative estimate of drug-likeness (QED) is 0.789. The van der Waals surface area contributed by atoms with Gasteiger partial charge < -0.3 is 19.7 Å². The summed E-state index contributed by atoms with van der Waals surface area (Å²) in [6, 6.07) is 14.1. The molecule has 1 N–H and O–H groups in total. The standard InChI is InChI=1S/C20H24N2O4/c1-4-22(5-2)20(24)15-10-6-7-11-16(15)21-19(23)14-26-18-13-9-8-12-17(18)25-3/h6-13H,4-5,14H2,1-3H3,(H,21,23). The highest BCUT2D eigenvalue weighted by atomic mass is 16.5. The first-order chi connectivity index (χ1) is 12.6. The summed E-state index contributed by atoms with van der Waals surface area (Å²) in [7, 11) is 1.54. The van der Waals surface area contributed by atoms with Gasteiger partial charge in [-0.3, -0.25) is 9.59 Å². The van der Waals surface area contributed by atoms with Gasteiger partial charge in [-0.05, 0) is 38.1 Å². The van der Waals surface area contributed by atoms with Gasteiger partial charge in [0.25, 0.3) is 11.8 Å². The molecule has 0 aliphatic rings. The number of hydrogen-bond acceptors (Lipinski definition) is 4. The fourth-order valence-corrected chi connectivity index (χ4v) is 2.53. The average Bonchev–Trinajstić information content (AvgIpc) is 2.67. The zero-order valence-electron chi connectivity index (χ0n) is 15.3. The first kappa shape index (κ1) is 19.3. The highest BCUT2D eigenvalue weighted by Crippen LogP contribution is 2.25. The summed E-state index contributed by atoms with van der Waals surface area (Å²) in [5.41, 5.74) is 0.930. The van der Waals surface area contributed by atoms with E-state index in [1.807, 2.05) is 19.9 Å². The van der Waals surface area contributed by atoms with Crippen molar-refractivity contribution < 1.29 is 19.1 Å². The number of hydrogen-bond donors (Lipinski definition) is 1. The van der Waals surface area contributed by atoms with E-state index in [1.54, 1.807) is 47.4 Å². The number of amides is 2. The Labute approximate surface area is 153 Å². The lowest BCUT2D eigenvalue weighted by molar-refractivity contribution is -0.118. The van der Waals surface area contributed by atoms with E-state index in [2.05, 4.69) is 5.32 Å². The lowest BCUT2D eigenvalue weighted by Crippen LogP contribution is -2.31. The van der Waals surface area contributed by atoms with E-state index < -0.39 is 0 Å². The zero-order valence-corrected chi connectivity index (χ0v) is 15.3. The van der Waals surface area contributed by atoms with Crippen LogP contribution in [0.25, 0.3) is 0 Å². The van der Waals surface area contributed by atoms with Crippen molar-refractivity contribution in [2.45, 2.75) is 13.8 Å². The molecule has 0 saturated heterocycles. The zero-order chi connectivity index (χ0) is 18.9. The second-order valence-electron chi connectivity index (χ2n) is 5.51. The summed E-state index contributed by atoms with van der Waals surface area (Å²) >= 11 is 0. The number of para-hydroxylation sites is 3. The van der Waals surface area contributed by atoms with Crippen molar-refractivity contribution >= 4 is 17.5 Å². The van der Waals surface area contributed by atoms with Gasteiger partial charge >= 0.3 is 0 Å². The van der Waals surface area contributed by atoms with Crippen LogP contribution in [0.15, 0.2) is 48.5 Å². The number of methoxy groups -OCH3 is 1. The van der Waals surface area contributed by atoms with E-state index in [9.17, 15) is 9.59 Å². The molecule has 2 aromatic carbocycles. The first-order valence-electron chi connectivity index (χ1n) is 8.54. The molecule has 26 heavy (non-hydrogen) atoms. The summed E-state index contributed by atoms with van der Waals surface area (Å²) in [4.78, 5) is 26.6. The molecule has 0 radical (unpaired) electrons. The number of nitrogens with zero attached hydrogens (tertiary/aromatic N) is 1. The van der Waals surface area contributed by atoms with Crippen molar-refractivity contribution in [2.75, 3.05) is 32.1 Å². The van der Waals surface area contributed by atoms with Crippen LogP contribution in [0.4, 0.5) is 5.69 Å². The Morgan fingerprint density at radius 3 is 2.23 bits per heavy atom. The van der Waals surface area contributed by atoms with Gasteiger partial charge in [-0.1, -0.05) is 24.3 Å². The Balaban J connectivity index is 2.06. The number of nitrogens with one attached hydrogen (secondary N) is 1. The first-order valence-corrected chi connectivity index (χ1v) is 8.54. The van der Waals surface area contributed by atoms with Gasteiger partial charge in [0.05, 0.1) is 18.4 Å². The lowest BCUT2D eigenvalue weighted by atomic mass is 10.1. The van der Waals surface area contributed by atoms with Crippen molar-refractivity contribution in [1.82, 2.24) is 4.90 Å². The highest BCUT2D eigenvalue weighted by molar-refractivity contribution is 6.04. The predicted octanol–water partition coefficient (Wildman–Crippen LogP) is 3.19. The normalized spacial score (nSPS) is 10.1. The van der Waals surface area contributed by atoms with Crippen LogP contribution in [0, 0.1) is 0 Å². The SMILES string of the molecule is CCN(CC)C(=O)c1ccccc1NC(=O)COc1ccccc1OC. The molecule has 2 rings (SSSR count). The number of carbonyl (C=O) groups is 2. The number of ether oxygens (including phenoxy) is 2. The van der Waals surface area contributed by atoms with Gasteiger partial charge in [0, 0.05) is 13.1 Å². The van der Waals surface area contributed by atoms with Crippen LogP contribution in [0.3, 0.4) is 0 Å². The van der Waals surface area contributed by atoms with E-state index in [4.69, 9.17) is 9.47 Å². The van der Waals surface area contributed by atoms with Crippen molar-refractivity contribution in [3.63, 3.8) is 0 Å². The monoisotopic (exact) mass is 356 g/mol. The van der Waals surface area contributed by atoms with Crippen LogP contribution >= 0.6 is 0 Å². The second kappa shape index (κ2) is 9.46. The maximum Gasteiger partial charge on any atom is 0.262 e. The van der Waals surface area contributed by atoms with E-state index >= 15 is 0 Å².